The van der Waals surface area contributed by atoms with E-state index < -0.39 is 6.09 Å². The molecule has 0 radical (unpaired) electrons. The second-order valence-corrected chi connectivity index (χ2v) is 8.64. The molecular weight excluding hydrogens is 396 g/mol. The largest absolute Gasteiger partial charge is 0.446 e. The summed E-state index contributed by atoms with van der Waals surface area (Å²) in [5.74, 6) is 1.13. The van der Waals surface area contributed by atoms with E-state index in [2.05, 4.69) is 46.8 Å². The molecule has 2 aromatic rings. The highest BCUT2D eigenvalue weighted by Crippen LogP contribution is 2.38. The van der Waals surface area contributed by atoms with Gasteiger partial charge in [-0.05, 0) is 42.7 Å². The average Bonchev–Trinajstić information content (AvgIpc) is 3.41. The first kappa shape index (κ1) is 21.4. The summed E-state index contributed by atoms with van der Waals surface area (Å²) in [4.78, 5) is 24.2. The Morgan fingerprint density at radius 1 is 1.26 bits per heavy atom. The molecule has 31 heavy (non-hydrogen) atoms. The van der Waals surface area contributed by atoms with Crippen molar-refractivity contribution in [2.75, 3.05) is 11.9 Å². The quantitative estimate of drug-likeness (QED) is 0.624. The standard InChI is InChI=1S/C23H30N4O4/c1-14(2)16-7-5-15(6-8-16)13-24-23(29)31-18-10-17(11-18)19-12-21(27-26-19)25-22(28)20-4-3-9-30-20/h5-8,12,14,17-18,20H,3-4,9-11,13H2,1-2H3,(H,24,29)(H2,25,26,27,28)/t17-,18+,20-/m1/s1. The minimum atomic E-state index is -0.400. The van der Waals surface area contributed by atoms with Gasteiger partial charge in [0.15, 0.2) is 0 Å². The number of H-pyrrole nitrogens is 1. The molecule has 166 valence electrons. The molecule has 8 nitrogen and oxygen atoms in total. The fraction of sp³-hybridized carbons (Fsp3) is 0.522. The van der Waals surface area contributed by atoms with Gasteiger partial charge in [0.1, 0.15) is 18.0 Å². The van der Waals surface area contributed by atoms with E-state index in [9.17, 15) is 9.59 Å². The summed E-state index contributed by atoms with van der Waals surface area (Å²) in [5, 5.41) is 12.8. The summed E-state index contributed by atoms with van der Waals surface area (Å²) in [6.07, 6.45) is 2.21. The number of aromatic amines is 1. The third-order valence-corrected chi connectivity index (χ3v) is 5.95. The number of nitrogens with one attached hydrogen (secondary N) is 3. The molecule has 2 fully saturated rings. The molecular formula is C23H30N4O4. The predicted molar refractivity (Wildman–Crippen MR) is 116 cm³/mol. The highest BCUT2D eigenvalue weighted by Gasteiger charge is 2.35. The molecule has 1 saturated carbocycles. The number of alkyl carbamates (subject to hydrolysis) is 1. The maximum absolute atomic E-state index is 12.1. The van der Waals surface area contributed by atoms with Crippen LogP contribution in [0.25, 0.3) is 0 Å². The number of hydrogen-bond donors (Lipinski definition) is 3. The zero-order valence-corrected chi connectivity index (χ0v) is 18.0. The van der Waals surface area contributed by atoms with Crippen molar-refractivity contribution in [2.45, 2.75) is 70.1 Å². The van der Waals surface area contributed by atoms with E-state index in [1.54, 1.807) is 0 Å². The zero-order valence-electron chi connectivity index (χ0n) is 18.0. The molecule has 1 atom stereocenters. The third kappa shape index (κ3) is 5.44. The normalized spacial score (nSPS) is 22.7. The topological polar surface area (TPSA) is 105 Å². The van der Waals surface area contributed by atoms with Crippen LogP contribution in [-0.4, -0.2) is 41.0 Å². The maximum Gasteiger partial charge on any atom is 0.407 e. The van der Waals surface area contributed by atoms with Gasteiger partial charge in [-0.3, -0.25) is 9.89 Å². The number of nitrogens with zero attached hydrogens (tertiary/aromatic N) is 1. The Morgan fingerprint density at radius 3 is 2.71 bits per heavy atom. The lowest BCUT2D eigenvalue weighted by molar-refractivity contribution is -0.124. The SMILES string of the molecule is CC(C)c1ccc(CNC(=O)O[C@H]2C[C@@H](c3cc(NC(=O)[C@H]4CCCO4)[nH]n3)C2)cc1. The van der Waals surface area contributed by atoms with Gasteiger partial charge in [-0.2, -0.15) is 5.10 Å². The summed E-state index contributed by atoms with van der Waals surface area (Å²) in [7, 11) is 0. The maximum atomic E-state index is 12.1. The van der Waals surface area contributed by atoms with Crippen LogP contribution in [0.3, 0.4) is 0 Å². The van der Waals surface area contributed by atoms with Gasteiger partial charge >= 0.3 is 6.09 Å². The van der Waals surface area contributed by atoms with Crippen LogP contribution in [0, 0.1) is 0 Å². The molecule has 1 aliphatic heterocycles. The summed E-state index contributed by atoms with van der Waals surface area (Å²) in [6, 6.07) is 10.1. The van der Waals surface area contributed by atoms with Crippen molar-refractivity contribution < 1.29 is 19.1 Å². The Morgan fingerprint density at radius 2 is 2.03 bits per heavy atom. The number of benzene rings is 1. The first-order valence-electron chi connectivity index (χ1n) is 11.0. The van der Waals surface area contributed by atoms with Crippen LogP contribution in [0.2, 0.25) is 0 Å². The van der Waals surface area contributed by atoms with Crippen LogP contribution in [0.1, 0.15) is 68.2 Å². The van der Waals surface area contributed by atoms with Gasteiger partial charge in [-0.1, -0.05) is 38.1 Å². The second-order valence-electron chi connectivity index (χ2n) is 8.64. The Bertz CT molecular complexity index is 897. The van der Waals surface area contributed by atoms with Crippen LogP contribution in [0.4, 0.5) is 10.6 Å². The third-order valence-electron chi connectivity index (χ3n) is 5.95. The van der Waals surface area contributed by atoms with Gasteiger partial charge < -0.3 is 20.1 Å². The number of amides is 2. The lowest BCUT2D eigenvalue weighted by atomic mass is 9.80. The van der Waals surface area contributed by atoms with Crippen LogP contribution < -0.4 is 10.6 Å². The van der Waals surface area contributed by atoms with Crippen molar-refractivity contribution in [2.24, 2.45) is 0 Å². The van der Waals surface area contributed by atoms with Gasteiger partial charge in [0.2, 0.25) is 0 Å². The van der Waals surface area contributed by atoms with Crippen molar-refractivity contribution in [3.63, 3.8) is 0 Å². The molecule has 3 N–H and O–H groups in total. The Hall–Kier alpha value is -2.87. The van der Waals surface area contributed by atoms with Gasteiger partial charge in [0.25, 0.3) is 5.91 Å². The molecule has 0 bridgehead atoms. The monoisotopic (exact) mass is 426 g/mol. The van der Waals surface area contributed by atoms with Crippen LogP contribution in [-0.2, 0) is 20.8 Å². The first-order valence-corrected chi connectivity index (χ1v) is 11.0. The number of anilines is 1. The average molecular weight is 427 g/mol. The second kappa shape index (κ2) is 9.51. The summed E-state index contributed by atoms with van der Waals surface area (Å²) < 4.78 is 10.9. The van der Waals surface area contributed by atoms with Crippen LogP contribution in [0.15, 0.2) is 30.3 Å². The Balaban J connectivity index is 1.17. The number of rotatable bonds is 7. The van der Waals surface area contributed by atoms with Crippen molar-refractivity contribution in [1.82, 2.24) is 15.5 Å². The molecule has 1 aromatic carbocycles. The summed E-state index contributed by atoms with van der Waals surface area (Å²) in [6.45, 7) is 5.39. The van der Waals surface area contributed by atoms with Crippen molar-refractivity contribution in [1.29, 1.82) is 0 Å². The fourth-order valence-corrected chi connectivity index (χ4v) is 3.90. The Labute approximate surface area is 182 Å². The highest BCUT2D eigenvalue weighted by atomic mass is 16.6. The molecule has 8 heteroatoms. The van der Waals surface area contributed by atoms with Crippen molar-refractivity contribution >= 4 is 17.8 Å². The minimum Gasteiger partial charge on any atom is -0.446 e. The summed E-state index contributed by atoms with van der Waals surface area (Å²) in [5.41, 5.74) is 3.19. The number of carbonyl (C=O) groups is 2. The molecule has 0 spiro atoms. The van der Waals surface area contributed by atoms with Crippen molar-refractivity contribution in [3.05, 3.63) is 47.2 Å². The molecule has 1 aliphatic carbocycles. The Kier molecular flexibility index (Phi) is 6.56. The van der Waals surface area contributed by atoms with Gasteiger partial charge in [0, 0.05) is 25.1 Å². The van der Waals surface area contributed by atoms with Gasteiger partial charge in [0.05, 0.1) is 5.69 Å². The lowest BCUT2D eigenvalue weighted by Gasteiger charge is -2.33. The molecule has 1 saturated heterocycles. The summed E-state index contributed by atoms with van der Waals surface area (Å²) >= 11 is 0. The number of ether oxygens (including phenoxy) is 2. The van der Waals surface area contributed by atoms with E-state index in [1.807, 2.05) is 18.2 Å². The fourth-order valence-electron chi connectivity index (χ4n) is 3.90. The van der Waals surface area contributed by atoms with E-state index in [0.717, 1.165) is 36.9 Å². The van der Waals surface area contributed by atoms with Crippen LogP contribution >= 0.6 is 0 Å². The van der Waals surface area contributed by atoms with Gasteiger partial charge in [-0.25, -0.2) is 4.79 Å². The van der Waals surface area contributed by atoms with E-state index >= 15 is 0 Å². The van der Waals surface area contributed by atoms with E-state index in [1.165, 1.54) is 5.56 Å². The van der Waals surface area contributed by atoms with E-state index in [0.29, 0.717) is 24.9 Å². The van der Waals surface area contributed by atoms with Crippen LogP contribution in [0.5, 0.6) is 0 Å². The van der Waals surface area contributed by atoms with E-state index in [4.69, 9.17) is 9.47 Å². The smallest absolute Gasteiger partial charge is 0.407 e. The van der Waals surface area contributed by atoms with Gasteiger partial charge in [-0.15, -0.1) is 0 Å². The number of carbonyl (C=O) groups excluding carboxylic acids is 2. The first-order chi connectivity index (χ1) is 15.0. The lowest BCUT2D eigenvalue weighted by Crippen LogP contribution is -2.36. The number of hydrogen-bond acceptors (Lipinski definition) is 5. The molecule has 0 unspecified atom stereocenters. The molecule has 1 aromatic heterocycles. The highest BCUT2D eigenvalue weighted by molar-refractivity contribution is 5.93. The predicted octanol–water partition coefficient (Wildman–Crippen LogP) is 3.82. The van der Waals surface area contributed by atoms with E-state index in [-0.39, 0.29) is 24.0 Å². The molecule has 2 aliphatic rings. The molecule has 2 amide bonds. The minimum absolute atomic E-state index is 0.116. The zero-order chi connectivity index (χ0) is 21.8. The number of aromatic nitrogens is 2. The van der Waals surface area contributed by atoms with Crippen molar-refractivity contribution in [3.8, 4) is 0 Å². The molecule has 2 heterocycles. The molecule has 4 rings (SSSR count).